The Labute approximate surface area is 183 Å². The normalized spacial score (nSPS) is 10.6. The topological polar surface area (TPSA) is 98.1 Å². The number of carbonyl (C=O) groups excluding carboxylic acids is 2. The predicted octanol–water partition coefficient (Wildman–Crippen LogP) is 4.10. The molecule has 0 spiro atoms. The molecule has 0 aliphatic rings. The first-order valence-corrected chi connectivity index (χ1v) is 9.65. The highest BCUT2D eigenvalue weighted by atomic mass is 35.5. The van der Waals surface area contributed by atoms with Gasteiger partial charge in [-0.15, -0.1) is 5.10 Å². The molecule has 2 aromatic carbocycles. The number of anilines is 2. The zero-order valence-electron chi connectivity index (χ0n) is 16.5. The fourth-order valence-corrected chi connectivity index (χ4v) is 3.10. The van der Waals surface area contributed by atoms with Gasteiger partial charge in [-0.3, -0.25) is 9.59 Å². The number of benzene rings is 2. The molecule has 156 valence electrons. The van der Waals surface area contributed by atoms with Crippen LogP contribution in [0.2, 0.25) is 10.0 Å². The summed E-state index contributed by atoms with van der Waals surface area (Å²) in [6.45, 7) is 3.32. The summed E-state index contributed by atoms with van der Waals surface area (Å²) in [6.07, 6.45) is 0. The molecule has 3 aromatic rings. The van der Waals surface area contributed by atoms with E-state index in [1.165, 1.54) is 11.8 Å². The van der Waals surface area contributed by atoms with Crippen LogP contribution in [-0.2, 0) is 11.3 Å². The van der Waals surface area contributed by atoms with Gasteiger partial charge >= 0.3 is 0 Å². The van der Waals surface area contributed by atoms with E-state index in [4.69, 9.17) is 27.9 Å². The summed E-state index contributed by atoms with van der Waals surface area (Å²) in [5, 5.41) is 14.3. The number of hydrogen-bond donors (Lipinski definition) is 2. The minimum absolute atomic E-state index is 0.113. The molecule has 0 bridgehead atoms. The molecular weight excluding hydrogens is 429 g/mol. The van der Waals surface area contributed by atoms with E-state index in [1.54, 1.807) is 50.2 Å². The summed E-state index contributed by atoms with van der Waals surface area (Å²) in [6, 6.07) is 10.1. The molecule has 2 N–H and O–H groups in total. The van der Waals surface area contributed by atoms with E-state index in [1.807, 2.05) is 0 Å². The number of halogens is 2. The van der Waals surface area contributed by atoms with Crippen molar-refractivity contribution in [3.8, 4) is 5.75 Å². The second kappa shape index (κ2) is 9.15. The van der Waals surface area contributed by atoms with Gasteiger partial charge in [0.15, 0.2) is 5.69 Å². The van der Waals surface area contributed by atoms with E-state index >= 15 is 0 Å². The van der Waals surface area contributed by atoms with Gasteiger partial charge in [0, 0.05) is 15.7 Å². The van der Waals surface area contributed by atoms with Crippen molar-refractivity contribution in [1.29, 1.82) is 0 Å². The van der Waals surface area contributed by atoms with Gasteiger partial charge in [0.05, 0.1) is 18.5 Å². The number of ether oxygens (including phenoxy) is 1. The van der Waals surface area contributed by atoms with Crippen molar-refractivity contribution in [2.75, 3.05) is 17.7 Å². The molecule has 30 heavy (non-hydrogen) atoms. The third-order valence-corrected chi connectivity index (χ3v) is 5.09. The first-order chi connectivity index (χ1) is 14.3. The lowest BCUT2D eigenvalue weighted by molar-refractivity contribution is -0.117. The van der Waals surface area contributed by atoms with Crippen LogP contribution in [0.15, 0.2) is 36.4 Å². The highest BCUT2D eigenvalue weighted by molar-refractivity contribution is 6.32. The zero-order valence-corrected chi connectivity index (χ0v) is 18.0. The summed E-state index contributed by atoms with van der Waals surface area (Å²) < 4.78 is 6.55. The minimum Gasteiger partial charge on any atom is -0.495 e. The summed E-state index contributed by atoms with van der Waals surface area (Å²) in [5.74, 6) is -0.345. The van der Waals surface area contributed by atoms with Crippen molar-refractivity contribution in [2.45, 2.75) is 20.4 Å². The molecule has 0 aliphatic carbocycles. The van der Waals surface area contributed by atoms with E-state index in [0.717, 1.165) is 5.56 Å². The maximum atomic E-state index is 12.6. The van der Waals surface area contributed by atoms with Crippen molar-refractivity contribution in [3.63, 3.8) is 0 Å². The van der Waals surface area contributed by atoms with Crippen LogP contribution in [0, 0.1) is 13.8 Å². The summed E-state index contributed by atoms with van der Waals surface area (Å²) in [5.41, 5.74) is 2.31. The van der Waals surface area contributed by atoms with Gasteiger partial charge in [-0.1, -0.05) is 34.5 Å². The van der Waals surface area contributed by atoms with Gasteiger partial charge in [-0.2, -0.15) is 0 Å². The van der Waals surface area contributed by atoms with E-state index < -0.39 is 5.91 Å². The monoisotopic (exact) mass is 447 g/mol. The Bertz CT molecular complexity index is 1110. The molecule has 10 heteroatoms. The van der Waals surface area contributed by atoms with E-state index in [0.29, 0.717) is 32.9 Å². The number of carbonyl (C=O) groups is 2. The van der Waals surface area contributed by atoms with Crippen LogP contribution >= 0.6 is 23.2 Å². The second-order valence-electron chi connectivity index (χ2n) is 6.44. The molecule has 8 nitrogen and oxygen atoms in total. The first kappa shape index (κ1) is 21.6. The summed E-state index contributed by atoms with van der Waals surface area (Å²) >= 11 is 12.1. The Morgan fingerprint density at radius 2 is 1.87 bits per heavy atom. The molecule has 2 amide bonds. The Morgan fingerprint density at radius 1 is 1.10 bits per heavy atom. The third-order valence-electron chi connectivity index (χ3n) is 4.44. The van der Waals surface area contributed by atoms with Crippen LogP contribution in [0.5, 0.6) is 5.75 Å². The molecule has 0 saturated heterocycles. The highest BCUT2D eigenvalue weighted by Crippen LogP contribution is 2.27. The fourth-order valence-electron chi connectivity index (χ4n) is 2.75. The second-order valence-corrected chi connectivity index (χ2v) is 7.28. The molecular formula is C20H19Cl2N5O3. The molecule has 0 saturated carbocycles. The van der Waals surface area contributed by atoms with Gasteiger partial charge in [-0.05, 0) is 49.7 Å². The van der Waals surface area contributed by atoms with Crippen LogP contribution in [0.4, 0.5) is 11.4 Å². The molecule has 1 aromatic heterocycles. The Morgan fingerprint density at radius 3 is 2.60 bits per heavy atom. The van der Waals surface area contributed by atoms with Crippen LogP contribution < -0.4 is 15.4 Å². The van der Waals surface area contributed by atoms with Gasteiger partial charge in [0.1, 0.15) is 12.3 Å². The lowest BCUT2D eigenvalue weighted by atomic mass is 10.2. The van der Waals surface area contributed by atoms with Crippen molar-refractivity contribution in [2.24, 2.45) is 0 Å². The fraction of sp³-hybridized carbons (Fsp3) is 0.200. The Hall–Kier alpha value is -3.10. The maximum absolute atomic E-state index is 12.6. The number of nitrogens with zero attached hydrogens (tertiary/aromatic N) is 3. The van der Waals surface area contributed by atoms with Crippen LogP contribution in [0.1, 0.15) is 21.7 Å². The number of nitrogens with one attached hydrogen (secondary N) is 2. The standard InChI is InChI=1S/C20H19Cl2N5O3/c1-11-14(22)5-4-6-15(11)24-20(29)19-12(2)27(26-25-19)10-18(28)23-16-9-13(21)7-8-17(16)30-3/h4-9H,10H2,1-3H3,(H,23,28)(H,24,29). The van der Waals surface area contributed by atoms with Crippen molar-refractivity contribution in [1.82, 2.24) is 15.0 Å². The minimum atomic E-state index is -0.443. The van der Waals surface area contributed by atoms with Crippen molar-refractivity contribution in [3.05, 3.63) is 63.4 Å². The predicted molar refractivity (Wildman–Crippen MR) is 116 cm³/mol. The summed E-state index contributed by atoms with van der Waals surface area (Å²) in [4.78, 5) is 25.1. The summed E-state index contributed by atoms with van der Waals surface area (Å²) in [7, 11) is 1.49. The van der Waals surface area contributed by atoms with E-state index in [9.17, 15) is 9.59 Å². The quantitative estimate of drug-likeness (QED) is 0.592. The third kappa shape index (κ3) is 4.72. The van der Waals surface area contributed by atoms with Gasteiger partial charge in [0.2, 0.25) is 5.91 Å². The number of amides is 2. The number of methoxy groups -OCH3 is 1. The Balaban J connectivity index is 1.72. The number of hydrogen-bond acceptors (Lipinski definition) is 5. The molecule has 0 radical (unpaired) electrons. The highest BCUT2D eigenvalue weighted by Gasteiger charge is 2.19. The van der Waals surface area contributed by atoms with Crippen LogP contribution in [0.25, 0.3) is 0 Å². The average molecular weight is 448 g/mol. The number of rotatable bonds is 6. The number of aromatic nitrogens is 3. The van der Waals surface area contributed by atoms with Crippen LogP contribution in [0.3, 0.4) is 0 Å². The van der Waals surface area contributed by atoms with Gasteiger partial charge in [0.25, 0.3) is 5.91 Å². The zero-order chi connectivity index (χ0) is 21.8. The largest absolute Gasteiger partial charge is 0.495 e. The maximum Gasteiger partial charge on any atom is 0.278 e. The SMILES string of the molecule is COc1ccc(Cl)cc1NC(=O)Cn1nnc(C(=O)Nc2cccc(Cl)c2C)c1C. The van der Waals surface area contributed by atoms with Crippen molar-refractivity contribution < 1.29 is 14.3 Å². The lowest BCUT2D eigenvalue weighted by Gasteiger charge is -2.11. The van der Waals surface area contributed by atoms with E-state index in [2.05, 4.69) is 20.9 Å². The molecule has 0 aliphatic heterocycles. The van der Waals surface area contributed by atoms with Crippen molar-refractivity contribution >= 4 is 46.4 Å². The molecule has 1 heterocycles. The van der Waals surface area contributed by atoms with Crippen LogP contribution in [-0.4, -0.2) is 33.9 Å². The van der Waals surface area contributed by atoms with Gasteiger partial charge in [-0.25, -0.2) is 4.68 Å². The molecule has 0 atom stereocenters. The first-order valence-electron chi connectivity index (χ1n) is 8.90. The molecule has 0 fully saturated rings. The smallest absolute Gasteiger partial charge is 0.278 e. The van der Waals surface area contributed by atoms with E-state index in [-0.39, 0.29) is 18.1 Å². The molecule has 3 rings (SSSR count). The molecule has 0 unspecified atom stereocenters. The average Bonchev–Trinajstić information content (AvgIpc) is 3.06. The Kier molecular flexibility index (Phi) is 6.59. The van der Waals surface area contributed by atoms with Gasteiger partial charge < -0.3 is 15.4 Å². The lowest BCUT2D eigenvalue weighted by Crippen LogP contribution is -2.21.